The van der Waals surface area contributed by atoms with E-state index < -0.39 is 0 Å². The Labute approximate surface area is 105 Å². The van der Waals surface area contributed by atoms with E-state index in [0.29, 0.717) is 10.5 Å². The van der Waals surface area contributed by atoms with E-state index >= 15 is 0 Å². The number of hydrogen-bond donors (Lipinski definition) is 2. The van der Waals surface area contributed by atoms with Crippen molar-refractivity contribution in [3.8, 4) is 0 Å². The summed E-state index contributed by atoms with van der Waals surface area (Å²) in [7, 11) is 0. The molecule has 3 N–H and O–H groups in total. The quantitative estimate of drug-likeness (QED) is 0.874. The average molecular weight is 289 g/mol. The number of hydrogen-bond acceptors (Lipinski definition) is 2. The first-order chi connectivity index (χ1) is 7.49. The van der Waals surface area contributed by atoms with Crippen LogP contribution in [0.5, 0.6) is 0 Å². The molecule has 0 saturated carbocycles. The predicted molar refractivity (Wildman–Crippen MR) is 68.9 cm³/mol. The molecule has 0 fully saturated rings. The van der Waals surface area contributed by atoms with Gasteiger partial charge in [-0.25, -0.2) is 4.39 Å². The predicted octanol–water partition coefficient (Wildman–Crippen LogP) is 2.46. The fourth-order valence-corrected chi connectivity index (χ4v) is 1.91. The summed E-state index contributed by atoms with van der Waals surface area (Å²) in [4.78, 5) is 0. The molecule has 0 aliphatic heterocycles. The zero-order valence-electron chi connectivity index (χ0n) is 9.63. The van der Waals surface area contributed by atoms with Crippen LogP contribution < -0.4 is 11.1 Å². The maximum atomic E-state index is 13.0. The molecule has 4 heteroatoms. The normalized spacial score (nSPS) is 14.8. The van der Waals surface area contributed by atoms with Crippen molar-refractivity contribution in [1.29, 1.82) is 0 Å². The van der Waals surface area contributed by atoms with Gasteiger partial charge in [-0.2, -0.15) is 0 Å². The summed E-state index contributed by atoms with van der Waals surface area (Å²) in [5.41, 5.74) is 6.77. The van der Waals surface area contributed by atoms with Crippen molar-refractivity contribution in [1.82, 2.24) is 5.32 Å². The van der Waals surface area contributed by atoms with E-state index in [1.807, 2.05) is 19.1 Å². The highest BCUT2D eigenvalue weighted by Crippen LogP contribution is 2.17. The van der Waals surface area contributed by atoms with E-state index in [1.54, 1.807) is 0 Å². The molecule has 0 heterocycles. The minimum atomic E-state index is -0.222. The van der Waals surface area contributed by atoms with Crippen LogP contribution in [0.25, 0.3) is 0 Å². The van der Waals surface area contributed by atoms with Crippen molar-refractivity contribution >= 4 is 15.9 Å². The van der Waals surface area contributed by atoms with Gasteiger partial charge >= 0.3 is 0 Å². The largest absolute Gasteiger partial charge is 0.327 e. The Hall–Kier alpha value is -0.450. The molecule has 16 heavy (non-hydrogen) atoms. The van der Waals surface area contributed by atoms with E-state index in [0.717, 1.165) is 18.5 Å². The summed E-state index contributed by atoms with van der Waals surface area (Å²) < 4.78 is 13.5. The lowest BCUT2D eigenvalue weighted by molar-refractivity contribution is 0.514. The zero-order chi connectivity index (χ0) is 12.1. The number of halogens is 2. The van der Waals surface area contributed by atoms with Gasteiger partial charge in [0.05, 0.1) is 4.47 Å². The third kappa shape index (κ3) is 4.60. The highest BCUT2D eigenvalue weighted by atomic mass is 79.9. The van der Waals surface area contributed by atoms with Gasteiger partial charge in [0.15, 0.2) is 0 Å². The molecule has 90 valence electrons. The van der Waals surface area contributed by atoms with Crippen LogP contribution in [-0.4, -0.2) is 18.6 Å². The van der Waals surface area contributed by atoms with Gasteiger partial charge < -0.3 is 11.1 Å². The monoisotopic (exact) mass is 288 g/mol. The standard InChI is InChI=1S/C12H18BrFN2/c1-8(15)7-16-9(2)5-10-3-4-12(14)11(13)6-10/h3-4,6,8-9,16H,5,7,15H2,1-2H3. The van der Waals surface area contributed by atoms with Gasteiger partial charge in [0.1, 0.15) is 5.82 Å². The first-order valence-electron chi connectivity index (χ1n) is 5.42. The van der Waals surface area contributed by atoms with E-state index in [2.05, 4.69) is 28.2 Å². The Morgan fingerprint density at radius 1 is 1.44 bits per heavy atom. The Kier molecular flexibility index (Phi) is 5.38. The van der Waals surface area contributed by atoms with Gasteiger partial charge in [-0.3, -0.25) is 0 Å². The molecule has 1 rings (SSSR count). The van der Waals surface area contributed by atoms with Crippen molar-refractivity contribution in [3.05, 3.63) is 34.1 Å². The van der Waals surface area contributed by atoms with Crippen molar-refractivity contribution in [2.75, 3.05) is 6.54 Å². The van der Waals surface area contributed by atoms with E-state index in [4.69, 9.17) is 5.73 Å². The van der Waals surface area contributed by atoms with Gasteiger partial charge in [-0.05, 0) is 53.9 Å². The molecule has 0 radical (unpaired) electrons. The van der Waals surface area contributed by atoms with Crippen molar-refractivity contribution in [2.24, 2.45) is 5.73 Å². The smallest absolute Gasteiger partial charge is 0.137 e. The Morgan fingerprint density at radius 2 is 2.12 bits per heavy atom. The molecule has 2 unspecified atom stereocenters. The van der Waals surface area contributed by atoms with E-state index in [-0.39, 0.29) is 11.9 Å². The van der Waals surface area contributed by atoms with Gasteiger partial charge in [-0.15, -0.1) is 0 Å². The average Bonchev–Trinajstić information content (AvgIpc) is 2.21. The van der Waals surface area contributed by atoms with Gasteiger partial charge in [0.25, 0.3) is 0 Å². The SMILES string of the molecule is CC(N)CNC(C)Cc1ccc(F)c(Br)c1. The summed E-state index contributed by atoms with van der Waals surface area (Å²) in [6.45, 7) is 4.86. The molecule has 0 aliphatic carbocycles. The molecule has 0 aliphatic rings. The zero-order valence-corrected chi connectivity index (χ0v) is 11.2. The minimum Gasteiger partial charge on any atom is -0.327 e. The minimum absolute atomic E-state index is 0.155. The number of nitrogens with two attached hydrogens (primary N) is 1. The molecule has 2 atom stereocenters. The van der Waals surface area contributed by atoms with Crippen molar-refractivity contribution in [2.45, 2.75) is 32.4 Å². The second-order valence-corrected chi connectivity index (χ2v) is 5.09. The Bertz CT molecular complexity index is 342. The lowest BCUT2D eigenvalue weighted by Gasteiger charge is -2.15. The second kappa shape index (κ2) is 6.33. The number of benzene rings is 1. The van der Waals surface area contributed by atoms with Crippen LogP contribution in [0, 0.1) is 5.82 Å². The van der Waals surface area contributed by atoms with Crippen LogP contribution in [0.15, 0.2) is 22.7 Å². The van der Waals surface area contributed by atoms with Crippen molar-refractivity contribution < 1.29 is 4.39 Å². The fraction of sp³-hybridized carbons (Fsp3) is 0.500. The van der Waals surface area contributed by atoms with Crippen LogP contribution >= 0.6 is 15.9 Å². The Morgan fingerprint density at radius 3 is 2.69 bits per heavy atom. The van der Waals surface area contributed by atoms with Crippen LogP contribution in [0.4, 0.5) is 4.39 Å². The van der Waals surface area contributed by atoms with E-state index in [1.165, 1.54) is 6.07 Å². The Balaban J connectivity index is 2.49. The van der Waals surface area contributed by atoms with Crippen LogP contribution in [0.1, 0.15) is 19.4 Å². The molecule has 0 aromatic heterocycles. The lowest BCUT2D eigenvalue weighted by Crippen LogP contribution is -2.37. The molecule has 0 amide bonds. The number of rotatable bonds is 5. The third-order valence-corrected chi connectivity index (χ3v) is 2.92. The molecule has 1 aromatic rings. The lowest BCUT2D eigenvalue weighted by atomic mass is 10.1. The highest BCUT2D eigenvalue weighted by molar-refractivity contribution is 9.10. The summed E-state index contributed by atoms with van der Waals surface area (Å²) in [6.07, 6.45) is 0.867. The maximum Gasteiger partial charge on any atom is 0.137 e. The van der Waals surface area contributed by atoms with E-state index in [9.17, 15) is 4.39 Å². The number of nitrogens with one attached hydrogen (secondary N) is 1. The molecule has 0 spiro atoms. The third-order valence-electron chi connectivity index (χ3n) is 2.31. The topological polar surface area (TPSA) is 38.0 Å². The van der Waals surface area contributed by atoms with Gasteiger partial charge in [0.2, 0.25) is 0 Å². The molecule has 1 aromatic carbocycles. The summed E-state index contributed by atoms with van der Waals surface area (Å²) >= 11 is 3.18. The summed E-state index contributed by atoms with van der Waals surface area (Å²) in [5, 5.41) is 3.33. The first kappa shape index (κ1) is 13.6. The second-order valence-electron chi connectivity index (χ2n) is 4.24. The van der Waals surface area contributed by atoms with Crippen LogP contribution in [-0.2, 0) is 6.42 Å². The van der Waals surface area contributed by atoms with Crippen molar-refractivity contribution in [3.63, 3.8) is 0 Å². The molecule has 0 bridgehead atoms. The molecule has 0 saturated heterocycles. The van der Waals surface area contributed by atoms with Crippen LogP contribution in [0.2, 0.25) is 0 Å². The highest BCUT2D eigenvalue weighted by Gasteiger charge is 2.06. The molecular formula is C12H18BrFN2. The van der Waals surface area contributed by atoms with Crippen LogP contribution in [0.3, 0.4) is 0 Å². The molecule has 2 nitrogen and oxygen atoms in total. The van der Waals surface area contributed by atoms with Gasteiger partial charge in [0, 0.05) is 18.6 Å². The summed E-state index contributed by atoms with van der Waals surface area (Å²) in [6, 6.07) is 5.60. The maximum absolute atomic E-state index is 13.0. The fourth-order valence-electron chi connectivity index (χ4n) is 1.48. The first-order valence-corrected chi connectivity index (χ1v) is 6.21. The molecular weight excluding hydrogens is 271 g/mol. The van der Waals surface area contributed by atoms with Gasteiger partial charge in [-0.1, -0.05) is 6.07 Å². The summed E-state index contributed by atoms with van der Waals surface area (Å²) in [5.74, 6) is -0.222.